The van der Waals surface area contributed by atoms with Crippen LogP contribution in [0.25, 0.3) is 0 Å². The molecule has 1 amide bonds. The van der Waals surface area contributed by atoms with Gasteiger partial charge in [-0.15, -0.1) is 0 Å². The molecule has 4 N–H and O–H groups in total. The molecule has 0 spiro atoms. The Labute approximate surface area is 64.3 Å². The minimum Gasteiger partial charge on any atom is -0.305 e. The molecule has 0 saturated carbocycles. The lowest BCUT2D eigenvalue weighted by Crippen LogP contribution is -2.50. The Kier molecular flexibility index (Phi) is 2.56. The van der Waals surface area contributed by atoms with E-state index in [0.717, 1.165) is 0 Å². The van der Waals surface area contributed by atoms with Gasteiger partial charge in [-0.3, -0.25) is 15.0 Å². The Bertz CT molecular complexity index is 181. The predicted octanol–water partition coefficient (Wildman–Crippen LogP) is -1.70. The molecule has 1 fully saturated rings. The van der Waals surface area contributed by atoms with Crippen LogP contribution in [0.4, 0.5) is 0 Å². The monoisotopic (exact) mass is 157 g/mol. The Morgan fingerprint density at radius 1 is 1.73 bits per heavy atom. The van der Waals surface area contributed by atoms with Crippen LogP contribution in [0.15, 0.2) is 0 Å². The molecule has 1 saturated heterocycles. The molecule has 11 heavy (non-hydrogen) atoms. The van der Waals surface area contributed by atoms with E-state index in [4.69, 9.17) is 5.84 Å². The Hall–Kier alpha value is -0.940. The normalized spacial score (nSPS) is 24.8. The van der Waals surface area contributed by atoms with Crippen molar-refractivity contribution in [2.24, 2.45) is 5.84 Å². The lowest BCUT2D eigenvalue weighted by atomic mass is 10.0. The van der Waals surface area contributed by atoms with Crippen molar-refractivity contribution >= 4 is 11.7 Å². The molecule has 0 radical (unpaired) electrons. The van der Waals surface area contributed by atoms with Gasteiger partial charge in [0.2, 0.25) is 0 Å². The van der Waals surface area contributed by atoms with E-state index >= 15 is 0 Å². The van der Waals surface area contributed by atoms with Crippen molar-refractivity contribution in [1.82, 2.24) is 10.7 Å². The maximum atomic E-state index is 10.9. The number of nitrogens with two attached hydrogens (primary N) is 1. The fourth-order valence-electron chi connectivity index (χ4n) is 1.07. The van der Waals surface area contributed by atoms with Crippen LogP contribution in [0.5, 0.6) is 0 Å². The van der Waals surface area contributed by atoms with Crippen molar-refractivity contribution < 1.29 is 9.59 Å². The van der Waals surface area contributed by atoms with Crippen LogP contribution in [0.3, 0.4) is 0 Å². The van der Waals surface area contributed by atoms with Crippen molar-refractivity contribution in [2.75, 3.05) is 6.54 Å². The van der Waals surface area contributed by atoms with Crippen molar-refractivity contribution in [2.45, 2.75) is 18.9 Å². The van der Waals surface area contributed by atoms with Gasteiger partial charge in [-0.2, -0.15) is 0 Å². The number of amides is 1. The van der Waals surface area contributed by atoms with E-state index < -0.39 is 6.04 Å². The van der Waals surface area contributed by atoms with Crippen molar-refractivity contribution in [3.05, 3.63) is 0 Å². The molecule has 1 rings (SSSR count). The number of rotatable bonds is 1. The zero-order valence-electron chi connectivity index (χ0n) is 6.09. The van der Waals surface area contributed by atoms with E-state index in [2.05, 4.69) is 5.32 Å². The van der Waals surface area contributed by atoms with Crippen molar-refractivity contribution in [1.29, 1.82) is 0 Å². The van der Waals surface area contributed by atoms with Crippen LogP contribution in [-0.4, -0.2) is 24.3 Å². The van der Waals surface area contributed by atoms with Crippen LogP contribution < -0.4 is 16.6 Å². The number of piperidine rings is 1. The molecule has 1 heterocycles. The molecule has 0 aromatic carbocycles. The van der Waals surface area contributed by atoms with E-state index in [0.29, 0.717) is 13.0 Å². The van der Waals surface area contributed by atoms with E-state index in [-0.39, 0.29) is 18.1 Å². The quantitative estimate of drug-likeness (QED) is 0.240. The molecule has 62 valence electrons. The molecule has 1 atom stereocenters. The van der Waals surface area contributed by atoms with Gasteiger partial charge in [-0.1, -0.05) is 0 Å². The molecule has 1 unspecified atom stereocenters. The van der Waals surface area contributed by atoms with Gasteiger partial charge >= 0.3 is 0 Å². The molecule has 0 aromatic rings. The molecule has 5 heteroatoms. The largest absolute Gasteiger partial charge is 0.305 e. The molecule has 1 aliphatic rings. The molecular formula is C6H11N3O2. The van der Waals surface area contributed by atoms with E-state index in [9.17, 15) is 9.59 Å². The van der Waals surface area contributed by atoms with E-state index in [1.54, 1.807) is 0 Å². The van der Waals surface area contributed by atoms with Gasteiger partial charge in [-0.05, 0) is 0 Å². The first kappa shape index (κ1) is 8.16. The summed E-state index contributed by atoms with van der Waals surface area (Å²) in [6, 6.07) is -0.429. The number of hydrazine groups is 1. The van der Waals surface area contributed by atoms with Crippen LogP contribution in [-0.2, 0) is 9.59 Å². The SMILES string of the molecule is NNC(=O)C1CC(=O)CCN1. The summed E-state index contributed by atoms with van der Waals surface area (Å²) in [5.74, 6) is 4.68. The first-order valence-corrected chi connectivity index (χ1v) is 3.49. The molecule has 0 aromatic heterocycles. The number of carbonyl (C=O) groups is 2. The lowest BCUT2D eigenvalue weighted by molar-refractivity contribution is -0.129. The topological polar surface area (TPSA) is 84.2 Å². The fourth-order valence-corrected chi connectivity index (χ4v) is 1.07. The molecule has 1 aliphatic heterocycles. The molecule has 0 aliphatic carbocycles. The van der Waals surface area contributed by atoms with E-state index in [1.807, 2.05) is 5.43 Å². The number of hydrogen-bond acceptors (Lipinski definition) is 4. The lowest BCUT2D eigenvalue weighted by Gasteiger charge is -2.20. The maximum absolute atomic E-state index is 10.9. The summed E-state index contributed by atoms with van der Waals surface area (Å²) in [5, 5.41) is 2.89. The van der Waals surface area contributed by atoms with E-state index in [1.165, 1.54) is 0 Å². The standard InChI is InChI=1S/C6H11N3O2/c7-9-6(11)5-3-4(10)1-2-8-5/h5,8H,1-3,7H2,(H,9,11). The number of hydrogen-bond donors (Lipinski definition) is 3. The van der Waals surface area contributed by atoms with Gasteiger partial charge < -0.3 is 5.32 Å². The highest BCUT2D eigenvalue weighted by Gasteiger charge is 2.23. The van der Waals surface area contributed by atoms with Crippen LogP contribution in [0, 0.1) is 0 Å². The number of nitrogens with one attached hydrogen (secondary N) is 2. The number of carbonyl (C=O) groups excluding carboxylic acids is 2. The highest BCUT2D eigenvalue weighted by molar-refractivity contribution is 5.90. The van der Waals surface area contributed by atoms with Crippen molar-refractivity contribution in [3.8, 4) is 0 Å². The Balaban J connectivity index is 2.45. The molecule has 0 bridgehead atoms. The summed E-state index contributed by atoms with van der Waals surface area (Å²) >= 11 is 0. The second-order valence-electron chi connectivity index (χ2n) is 2.51. The van der Waals surface area contributed by atoms with Crippen LogP contribution >= 0.6 is 0 Å². The van der Waals surface area contributed by atoms with Crippen LogP contribution in [0.2, 0.25) is 0 Å². The van der Waals surface area contributed by atoms with Gasteiger partial charge in [0.15, 0.2) is 0 Å². The minimum atomic E-state index is -0.429. The second kappa shape index (κ2) is 3.45. The summed E-state index contributed by atoms with van der Waals surface area (Å²) in [4.78, 5) is 21.7. The highest BCUT2D eigenvalue weighted by atomic mass is 16.2. The summed E-state index contributed by atoms with van der Waals surface area (Å²) in [6.45, 7) is 0.566. The van der Waals surface area contributed by atoms with Gasteiger partial charge in [0, 0.05) is 19.4 Å². The van der Waals surface area contributed by atoms with Gasteiger partial charge in [0.25, 0.3) is 5.91 Å². The summed E-state index contributed by atoms with van der Waals surface area (Å²) in [5.41, 5.74) is 2.00. The Morgan fingerprint density at radius 3 is 3.00 bits per heavy atom. The molecular weight excluding hydrogens is 146 g/mol. The zero-order valence-corrected chi connectivity index (χ0v) is 6.09. The van der Waals surface area contributed by atoms with Crippen molar-refractivity contribution in [3.63, 3.8) is 0 Å². The second-order valence-corrected chi connectivity index (χ2v) is 2.51. The smallest absolute Gasteiger partial charge is 0.251 e. The average Bonchev–Trinajstić information content (AvgIpc) is 2.03. The zero-order chi connectivity index (χ0) is 8.27. The maximum Gasteiger partial charge on any atom is 0.251 e. The number of Topliss-reactive ketones (excluding diaryl/α,β-unsaturated/α-hetero) is 1. The fraction of sp³-hybridized carbons (Fsp3) is 0.667. The Morgan fingerprint density at radius 2 is 2.45 bits per heavy atom. The highest BCUT2D eigenvalue weighted by Crippen LogP contribution is 2.02. The first-order chi connectivity index (χ1) is 5.24. The third-order valence-electron chi connectivity index (χ3n) is 1.69. The van der Waals surface area contributed by atoms with Crippen LogP contribution in [0.1, 0.15) is 12.8 Å². The summed E-state index contributed by atoms with van der Waals surface area (Å²) in [7, 11) is 0. The van der Waals surface area contributed by atoms with Gasteiger partial charge in [-0.25, -0.2) is 5.84 Å². The predicted molar refractivity (Wildman–Crippen MR) is 38.4 cm³/mol. The third kappa shape index (κ3) is 1.99. The van der Waals surface area contributed by atoms with Gasteiger partial charge in [0.1, 0.15) is 5.78 Å². The average molecular weight is 157 g/mol. The third-order valence-corrected chi connectivity index (χ3v) is 1.69. The first-order valence-electron chi connectivity index (χ1n) is 3.49. The molecule has 5 nitrogen and oxygen atoms in total. The van der Waals surface area contributed by atoms with Gasteiger partial charge in [0.05, 0.1) is 6.04 Å². The minimum absolute atomic E-state index is 0.109. The summed E-state index contributed by atoms with van der Waals surface area (Å²) < 4.78 is 0. The summed E-state index contributed by atoms with van der Waals surface area (Å²) in [6.07, 6.45) is 0.761. The number of ketones is 1.